The molecule has 104 valence electrons. The van der Waals surface area contributed by atoms with E-state index in [9.17, 15) is 9.59 Å². The molecule has 1 heterocycles. The number of aromatic nitrogens is 1. The summed E-state index contributed by atoms with van der Waals surface area (Å²) < 4.78 is 0. The monoisotopic (exact) mass is 292 g/mol. The fourth-order valence-electron chi connectivity index (χ4n) is 1.60. The number of benzene rings is 1. The Morgan fingerprint density at radius 3 is 2.45 bits per heavy atom. The molecular formula is C13H12N2O4S. The number of nitrogens with one attached hydrogen (secondary N) is 1. The third-order valence-corrected chi connectivity index (χ3v) is 3.66. The molecule has 0 amide bonds. The molecule has 2 aromatic rings. The van der Waals surface area contributed by atoms with Gasteiger partial charge in [0.25, 0.3) is 0 Å². The number of hydrogen-bond acceptors (Lipinski definition) is 5. The highest BCUT2D eigenvalue weighted by Gasteiger charge is 2.11. The maximum Gasteiger partial charge on any atom is 0.335 e. The molecule has 2 rings (SSSR count). The number of carbonyl (C=O) groups is 2. The van der Waals surface area contributed by atoms with E-state index in [1.165, 1.54) is 23.5 Å². The van der Waals surface area contributed by atoms with Gasteiger partial charge < -0.3 is 15.5 Å². The minimum Gasteiger partial charge on any atom is -0.481 e. The van der Waals surface area contributed by atoms with Gasteiger partial charge in [-0.25, -0.2) is 9.78 Å². The van der Waals surface area contributed by atoms with E-state index in [4.69, 9.17) is 10.2 Å². The van der Waals surface area contributed by atoms with Crippen molar-refractivity contribution >= 4 is 34.1 Å². The van der Waals surface area contributed by atoms with Gasteiger partial charge in [-0.1, -0.05) is 0 Å². The Kier molecular flexibility index (Phi) is 3.99. The molecule has 0 saturated carbocycles. The topological polar surface area (TPSA) is 99.5 Å². The fourth-order valence-corrected chi connectivity index (χ4v) is 2.58. The molecule has 1 aromatic carbocycles. The van der Waals surface area contributed by atoms with Gasteiger partial charge in [0, 0.05) is 10.6 Å². The van der Waals surface area contributed by atoms with Crippen molar-refractivity contribution < 1.29 is 19.8 Å². The lowest BCUT2D eigenvalue weighted by Gasteiger charge is -2.02. The molecule has 3 N–H and O–H groups in total. The molecule has 0 fully saturated rings. The van der Waals surface area contributed by atoms with Crippen LogP contribution in [0.25, 0.3) is 0 Å². The molecule has 0 spiro atoms. The fraction of sp³-hybridized carbons (Fsp3) is 0.154. The van der Waals surface area contributed by atoms with Crippen molar-refractivity contribution in [3.63, 3.8) is 0 Å². The maximum atomic E-state index is 10.7. The minimum absolute atomic E-state index is 0.0524. The predicted octanol–water partition coefficient (Wildman–Crippen LogP) is 2.52. The summed E-state index contributed by atoms with van der Waals surface area (Å²) in [5.41, 5.74) is 1.59. The summed E-state index contributed by atoms with van der Waals surface area (Å²) in [7, 11) is 0. The van der Waals surface area contributed by atoms with Crippen LogP contribution in [0.3, 0.4) is 0 Å². The van der Waals surface area contributed by atoms with Crippen molar-refractivity contribution in [2.75, 3.05) is 5.32 Å². The summed E-state index contributed by atoms with van der Waals surface area (Å²) in [5, 5.41) is 21.2. The van der Waals surface area contributed by atoms with Crippen LogP contribution in [-0.4, -0.2) is 27.1 Å². The SMILES string of the molecule is Cc1nc(Nc2ccc(C(=O)O)cc2)sc1CC(=O)O. The highest BCUT2D eigenvalue weighted by atomic mass is 32.1. The Hall–Kier alpha value is -2.41. The second-order valence-electron chi connectivity index (χ2n) is 4.11. The van der Waals surface area contributed by atoms with Crippen LogP contribution in [-0.2, 0) is 11.2 Å². The molecule has 0 saturated heterocycles. The van der Waals surface area contributed by atoms with Crippen molar-refractivity contribution in [3.05, 3.63) is 40.4 Å². The van der Waals surface area contributed by atoms with E-state index in [0.717, 1.165) is 0 Å². The average Bonchev–Trinajstić information content (AvgIpc) is 2.69. The first-order chi connectivity index (χ1) is 9.45. The van der Waals surface area contributed by atoms with Crippen LogP contribution in [0.2, 0.25) is 0 Å². The number of hydrogen-bond donors (Lipinski definition) is 3. The summed E-state index contributed by atoms with van der Waals surface area (Å²) in [6, 6.07) is 6.25. The largest absolute Gasteiger partial charge is 0.481 e. The highest BCUT2D eigenvalue weighted by molar-refractivity contribution is 7.15. The zero-order valence-electron chi connectivity index (χ0n) is 10.6. The smallest absolute Gasteiger partial charge is 0.335 e. The number of rotatable bonds is 5. The standard InChI is InChI=1S/C13H12N2O4S/c1-7-10(6-11(16)17)20-13(14-7)15-9-4-2-8(3-5-9)12(18)19/h2-5H,6H2,1H3,(H,14,15)(H,16,17)(H,18,19). The Bertz CT molecular complexity index is 649. The van der Waals surface area contributed by atoms with Gasteiger partial charge >= 0.3 is 11.9 Å². The van der Waals surface area contributed by atoms with Gasteiger partial charge in [0.15, 0.2) is 5.13 Å². The Morgan fingerprint density at radius 2 is 1.90 bits per heavy atom. The van der Waals surface area contributed by atoms with Crippen LogP contribution in [0, 0.1) is 6.92 Å². The lowest BCUT2D eigenvalue weighted by Crippen LogP contribution is -1.99. The molecule has 0 aliphatic rings. The van der Waals surface area contributed by atoms with Gasteiger partial charge in [0.1, 0.15) is 0 Å². The predicted molar refractivity (Wildman–Crippen MR) is 74.9 cm³/mol. The molecule has 0 unspecified atom stereocenters. The summed E-state index contributed by atoms with van der Waals surface area (Å²) in [4.78, 5) is 26.4. The number of nitrogens with zero attached hydrogens (tertiary/aromatic N) is 1. The van der Waals surface area contributed by atoms with Crippen LogP contribution in [0.15, 0.2) is 24.3 Å². The zero-order chi connectivity index (χ0) is 14.7. The molecule has 1 aromatic heterocycles. The normalized spacial score (nSPS) is 10.2. The lowest BCUT2D eigenvalue weighted by molar-refractivity contribution is -0.136. The third kappa shape index (κ3) is 3.33. The number of aliphatic carboxylic acids is 1. The van der Waals surface area contributed by atoms with Gasteiger partial charge in [-0.15, -0.1) is 11.3 Å². The average molecular weight is 292 g/mol. The summed E-state index contributed by atoms with van der Waals surface area (Å²) in [6.45, 7) is 1.76. The number of carboxylic acids is 2. The Labute approximate surface area is 118 Å². The summed E-state index contributed by atoms with van der Waals surface area (Å²) in [6.07, 6.45) is -0.0524. The van der Waals surface area contributed by atoms with Crippen molar-refractivity contribution in [2.45, 2.75) is 13.3 Å². The third-order valence-electron chi connectivity index (χ3n) is 2.59. The van der Waals surface area contributed by atoms with E-state index in [1.54, 1.807) is 19.1 Å². The Balaban J connectivity index is 2.13. The minimum atomic E-state index is -0.981. The van der Waals surface area contributed by atoms with Gasteiger partial charge in [-0.3, -0.25) is 4.79 Å². The zero-order valence-corrected chi connectivity index (χ0v) is 11.4. The van der Waals surface area contributed by atoms with Crippen molar-refractivity contribution in [3.8, 4) is 0 Å². The quantitative estimate of drug-likeness (QED) is 0.783. The first-order valence-corrected chi connectivity index (χ1v) is 6.56. The molecule has 7 heteroatoms. The van der Waals surface area contributed by atoms with Crippen molar-refractivity contribution in [2.24, 2.45) is 0 Å². The molecule has 6 nitrogen and oxygen atoms in total. The Morgan fingerprint density at radius 1 is 1.25 bits per heavy atom. The van der Waals surface area contributed by atoms with Crippen molar-refractivity contribution in [1.29, 1.82) is 0 Å². The lowest BCUT2D eigenvalue weighted by atomic mass is 10.2. The maximum absolute atomic E-state index is 10.7. The van der Waals surface area contributed by atoms with Crippen LogP contribution < -0.4 is 5.32 Å². The first kappa shape index (κ1) is 14.0. The number of thiazole rings is 1. The molecule has 0 bridgehead atoms. The van der Waals surface area contributed by atoms with Gasteiger partial charge in [0.2, 0.25) is 0 Å². The summed E-state index contributed by atoms with van der Waals surface area (Å²) in [5.74, 6) is -1.88. The van der Waals surface area contributed by atoms with E-state index in [0.29, 0.717) is 21.4 Å². The van der Waals surface area contributed by atoms with E-state index < -0.39 is 11.9 Å². The second kappa shape index (κ2) is 5.70. The first-order valence-electron chi connectivity index (χ1n) is 5.74. The molecule has 20 heavy (non-hydrogen) atoms. The van der Waals surface area contributed by atoms with Crippen LogP contribution in [0.1, 0.15) is 20.9 Å². The molecule has 0 radical (unpaired) electrons. The number of anilines is 2. The van der Waals surface area contributed by atoms with Gasteiger partial charge in [-0.05, 0) is 31.2 Å². The van der Waals surface area contributed by atoms with E-state index in [-0.39, 0.29) is 12.0 Å². The van der Waals surface area contributed by atoms with E-state index in [2.05, 4.69) is 10.3 Å². The second-order valence-corrected chi connectivity index (χ2v) is 5.19. The van der Waals surface area contributed by atoms with Crippen LogP contribution >= 0.6 is 11.3 Å². The van der Waals surface area contributed by atoms with E-state index in [1.807, 2.05) is 0 Å². The molecular weight excluding hydrogens is 280 g/mol. The number of carboxylic acid groups (broad SMARTS) is 2. The van der Waals surface area contributed by atoms with Gasteiger partial charge in [0.05, 0.1) is 17.7 Å². The number of aryl methyl sites for hydroxylation is 1. The van der Waals surface area contributed by atoms with Crippen LogP contribution in [0.4, 0.5) is 10.8 Å². The van der Waals surface area contributed by atoms with E-state index >= 15 is 0 Å². The van der Waals surface area contributed by atoms with Crippen molar-refractivity contribution in [1.82, 2.24) is 4.98 Å². The summed E-state index contributed by atoms with van der Waals surface area (Å²) >= 11 is 1.27. The molecule has 0 aliphatic carbocycles. The van der Waals surface area contributed by atoms with Crippen LogP contribution in [0.5, 0.6) is 0 Å². The number of aromatic carboxylic acids is 1. The van der Waals surface area contributed by atoms with Gasteiger partial charge in [-0.2, -0.15) is 0 Å². The highest BCUT2D eigenvalue weighted by Crippen LogP contribution is 2.26. The molecule has 0 atom stereocenters. The molecule has 0 aliphatic heterocycles.